The van der Waals surface area contributed by atoms with E-state index in [1.165, 1.54) is 0 Å². The topological polar surface area (TPSA) is 49.3 Å². The maximum atomic E-state index is 11.0. The van der Waals surface area contributed by atoms with E-state index in [4.69, 9.17) is 5.11 Å². The van der Waals surface area contributed by atoms with Crippen LogP contribution in [0, 0.1) is 0 Å². The summed E-state index contributed by atoms with van der Waals surface area (Å²) in [5, 5.41) is 12.2. The van der Waals surface area contributed by atoms with Crippen LogP contribution in [0.2, 0.25) is 0 Å². The number of nitrogens with one attached hydrogen (secondary N) is 1. The van der Waals surface area contributed by atoms with Gasteiger partial charge in [0.05, 0.1) is 0 Å². The molecule has 0 radical (unpaired) electrons. The minimum Gasteiger partial charge on any atom is -0.480 e. The molecule has 0 aromatic carbocycles. The molecule has 76 valence electrons. The summed E-state index contributed by atoms with van der Waals surface area (Å²) in [4.78, 5) is 11.0. The Balaban J connectivity index is 2.45. The molecule has 0 spiro atoms. The van der Waals surface area contributed by atoms with E-state index < -0.39 is 11.5 Å². The third-order valence-corrected chi connectivity index (χ3v) is 3.36. The molecule has 1 aliphatic rings. The molecule has 0 aromatic heterocycles. The van der Waals surface area contributed by atoms with Crippen LogP contribution in [0.5, 0.6) is 0 Å². The molecule has 4 heteroatoms. The fourth-order valence-electron chi connectivity index (χ4n) is 1.15. The first-order chi connectivity index (χ1) is 6.08. The van der Waals surface area contributed by atoms with Crippen LogP contribution in [0.15, 0.2) is 0 Å². The Kier molecular flexibility index (Phi) is 3.62. The number of thioether (sulfide) groups is 1. The normalized spacial score (nSPS) is 21.1. The van der Waals surface area contributed by atoms with Crippen LogP contribution in [0.1, 0.15) is 26.7 Å². The van der Waals surface area contributed by atoms with E-state index in [-0.39, 0.29) is 0 Å². The molecule has 0 aliphatic heterocycles. The maximum absolute atomic E-state index is 11.0. The Labute approximate surface area is 83.3 Å². The van der Waals surface area contributed by atoms with Gasteiger partial charge in [-0.15, -0.1) is 0 Å². The lowest BCUT2D eigenvalue weighted by Gasteiger charge is -2.25. The molecule has 3 nitrogen and oxygen atoms in total. The summed E-state index contributed by atoms with van der Waals surface area (Å²) >= 11 is 1.67. The molecule has 1 saturated carbocycles. The summed E-state index contributed by atoms with van der Waals surface area (Å²) in [5.74, 6) is 0.880. The van der Waals surface area contributed by atoms with Crippen LogP contribution in [0.4, 0.5) is 0 Å². The molecule has 1 rings (SSSR count). The number of hydrogen-bond acceptors (Lipinski definition) is 3. The summed E-state index contributed by atoms with van der Waals surface area (Å²) in [5.41, 5.74) is -0.734. The Morgan fingerprint density at radius 2 is 2.31 bits per heavy atom. The second kappa shape index (κ2) is 4.33. The minimum absolute atomic E-state index is 0.443. The van der Waals surface area contributed by atoms with E-state index in [0.717, 1.165) is 18.6 Å². The van der Waals surface area contributed by atoms with Crippen molar-refractivity contribution in [2.75, 3.05) is 11.5 Å². The first kappa shape index (κ1) is 10.9. The van der Waals surface area contributed by atoms with Gasteiger partial charge in [-0.3, -0.25) is 10.1 Å². The van der Waals surface area contributed by atoms with Crippen molar-refractivity contribution < 1.29 is 9.90 Å². The van der Waals surface area contributed by atoms with Gasteiger partial charge in [0, 0.05) is 11.8 Å². The molecule has 0 bridgehead atoms. The molecular weight excluding hydrogens is 186 g/mol. The van der Waals surface area contributed by atoms with Crippen LogP contribution >= 0.6 is 11.8 Å². The standard InChI is InChI=1S/C9H17NO2S/c1-3-13-6-9(2,8(11)12)10-7-4-5-7/h7,10H,3-6H2,1-2H3,(H,11,12). The number of carbonyl (C=O) groups is 1. The number of rotatable bonds is 6. The Hall–Kier alpha value is -0.220. The van der Waals surface area contributed by atoms with Crippen molar-refractivity contribution in [1.29, 1.82) is 0 Å². The third kappa shape index (κ3) is 3.19. The lowest BCUT2D eigenvalue weighted by Crippen LogP contribution is -2.52. The van der Waals surface area contributed by atoms with E-state index in [1.807, 2.05) is 6.92 Å². The minimum atomic E-state index is -0.736. The first-order valence-electron chi connectivity index (χ1n) is 4.67. The van der Waals surface area contributed by atoms with Gasteiger partial charge in [-0.05, 0) is 25.5 Å². The van der Waals surface area contributed by atoms with Crippen molar-refractivity contribution >= 4 is 17.7 Å². The molecule has 0 aromatic rings. The van der Waals surface area contributed by atoms with Gasteiger partial charge in [0.2, 0.25) is 0 Å². The second-order valence-corrected chi connectivity index (χ2v) is 4.97. The molecule has 13 heavy (non-hydrogen) atoms. The molecule has 1 atom stereocenters. The molecule has 0 amide bonds. The van der Waals surface area contributed by atoms with Gasteiger partial charge in [0.1, 0.15) is 5.54 Å². The maximum Gasteiger partial charge on any atom is 0.324 e. The highest BCUT2D eigenvalue weighted by Gasteiger charge is 2.38. The number of carboxylic acids is 1. The molecule has 1 fully saturated rings. The van der Waals surface area contributed by atoms with Crippen LogP contribution in [0.25, 0.3) is 0 Å². The number of aliphatic carboxylic acids is 1. The summed E-state index contributed by atoms with van der Waals surface area (Å²) < 4.78 is 0. The quantitative estimate of drug-likeness (QED) is 0.684. The Morgan fingerprint density at radius 1 is 1.69 bits per heavy atom. The van der Waals surface area contributed by atoms with Crippen LogP contribution < -0.4 is 5.32 Å². The number of carboxylic acid groups (broad SMARTS) is 1. The zero-order chi connectivity index (χ0) is 9.90. The van der Waals surface area contributed by atoms with E-state index in [0.29, 0.717) is 11.8 Å². The van der Waals surface area contributed by atoms with Crippen LogP contribution in [-0.4, -0.2) is 34.2 Å². The lowest BCUT2D eigenvalue weighted by atomic mass is 10.1. The average Bonchev–Trinajstić information content (AvgIpc) is 2.84. The van der Waals surface area contributed by atoms with Crippen molar-refractivity contribution in [3.05, 3.63) is 0 Å². The first-order valence-corrected chi connectivity index (χ1v) is 5.83. The van der Waals surface area contributed by atoms with Gasteiger partial charge in [-0.2, -0.15) is 11.8 Å². The van der Waals surface area contributed by atoms with Gasteiger partial charge in [-0.25, -0.2) is 0 Å². The molecule has 1 aliphatic carbocycles. The summed E-state index contributed by atoms with van der Waals surface area (Å²) in [7, 11) is 0. The zero-order valence-electron chi connectivity index (χ0n) is 8.17. The van der Waals surface area contributed by atoms with Crippen molar-refractivity contribution in [2.45, 2.75) is 38.3 Å². The fraction of sp³-hybridized carbons (Fsp3) is 0.889. The molecule has 0 saturated heterocycles. The predicted octanol–water partition coefficient (Wildman–Crippen LogP) is 1.33. The van der Waals surface area contributed by atoms with Crippen LogP contribution in [-0.2, 0) is 4.79 Å². The van der Waals surface area contributed by atoms with E-state index in [2.05, 4.69) is 5.32 Å². The molecular formula is C9H17NO2S. The van der Waals surface area contributed by atoms with Gasteiger partial charge >= 0.3 is 5.97 Å². The summed E-state index contributed by atoms with van der Waals surface area (Å²) in [6, 6.07) is 0.443. The summed E-state index contributed by atoms with van der Waals surface area (Å²) in [6.07, 6.45) is 2.25. The van der Waals surface area contributed by atoms with E-state index in [1.54, 1.807) is 18.7 Å². The highest BCUT2D eigenvalue weighted by Crippen LogP contribution is 2.24. The lowest BCUT2D eigenvalue weighted by molar-refractivity contribution is -0.143. The van der Waals surface area contributed by atoms with Gasteiger partial charge in [0.25, 0.3) is 0 Å². The van der Waals surface area contributed by atoms with E-state index in [9.17, 15) is 4.79 Å². The van der Waals surface area contributed by atoms with Crippen molar-refractivity contribution in [2.24, 2.45) is 0 Å². The van der Waals surface area contributed by atoms with Gasteiger partial charge < -0.3 is 5.11 Å². The largest absolute Gasteiger partial charge is 0.480 e. The van der Waals surface area contributed by atoms with Crippen molar-refractivity contribution in [3.8, 4) is 0 Å². The van der Waals surface area contributed by atoms with Crippen LogP contribution in [0.3, 0.4) is 0 Å². The molecule has 0 heterocycles. The highest BCUT2D eigenvalue weighted by atomic mass is 32.2. The van der Waals surface area contributed by atoms with Crippen molar-refractivity contribution in [1.82, 2.24) is 5.32 Å². The second-order valence-electron chi connectivity index (χ2n) is 3.69. The Bertz CT molecular complexity index is 194. The highest BCUT2D eigenvalue weighted by molar-refractivity contribution is 7.99. The monoisotopic (exact) mass is 203 g/mol. The Morgan fingerprint density at radius 3 is 2.69 bits per heavy atom. The molecule has 2 N–H and O–H groups in total. The van der Waals surface area contributed by atoms with E-state index >= 15 is 0 Å². The third-order valence-electron chi connectivity index (χ3n) is 2.17. The predicted molar refractivity (Wildman–Crippen MR) is 55.2 cm³/mol. The number of hydrogen-bond donors (Lipinski definition) is 2. The molecule has 1 unspecified atom stereocenters. The average molecular weight is 203 g/mol. The zero-order valence-corrected chi connectivity index (χ0v) is 8.99. The van der Waals surface area contributed by atoms with Gasteiger partial charge in [0.15, 0.2) is 0 Å². The smallest absolute Gasteiger partial charge is 0.324 e. The van der Waals surface area contributed by atoms with Gasteiger partial charge in [-0.1, -0.05) is 6.92 Å². The summed E-state index contributed by atoms with van der Waals surface area (Å²) in [6.45, 7) is 3.82. The SMILES string of the molecule is CCSCC(C)(NC1CC1)C(=O)O. The van der Waals surface area contributed by atoms with Crippen molar-refractivity contribution in [3.63, 3.8) is 0 Å². The fourth-order valence-corrected chi connectivity index (χ4v) is 1.97.